The van der Waals surface area contributed by atoms with Gasteiger partial charge in [0.1, 0.15) is 0 Å². The maximum atomic E-state index is 6.15. The Bertz CT molecular complexity index is 621. The topological polar surface area (TPSA) is 59.7 Å². The summed E-state index contributed by atoms with van der Waals surface area (Å²) in [6, 6.07) is 0. The Hall–Kier alpha value is -1.40. The SMILES string of the molecule is CCN(CC)c1nc(Cl)nc(-n2nc(C)c(Cl)c2C)n1. The number of hydrogen-bond donors (Lipinski definition) is 0. The van der Waals surface area contributed by atoms with E-state index in [1.165, 1.54) is 0 Å². The number of halogens is 2. The molecule has 0 aliphatic carbocycles. The summed E-state index contributed by atoms with van der Waals surface area (Å²) in [5.74, 6) is 0.910. The molecule has 8 heteroatoms. The lowest BCUT2D eigenvalue weighted by Gasteiger charge is -2.18. The smallest absolute Gasteiger partial charge is 0.256 e. The molecule has 0 unspecified atom stereocenters. The van der Waals surface area contributed by atoms with E-state index in [9.17, 15) is 0 Å². The molecule has 0 saturated carbocycles. The van der Waals surface area contributed by atoms with Crippen LogP contribution in [0.3, 0.4) is 0 Å². The van der Waals surface area contributed by atoms with Gasteiger partial charge in [-0.1, -0.05) is 11.6 Å². The van der Waals surface area contributed by atoms with Crippen molar-refractivity contribution in [2.45, 2.75) is 27.7 Å². The number of aryl methyl sites for hydroxylation is 1. The fourth-order valence-corrected chi connectivity index (χ4v) is 2.16. The predicted molar refractivity (Wildman–Crippen MR) is 80.0 cm³/mol. The molecule has 2 aromatic heterocycles. The predicted octanol–water partition coefficient (Wildman–Crippen LogP) is 2.83. The van der Waals surface area contributed by atoms with E-state index in [4.69, 9.17) is 23.2 Å². The van der Waals surface area contributed by atoms with Gasteiger partial charge < -0.3 is 4.90 Å². The van der Waals surface area contributed by atoms with Crippen molar-refractivity contribution in [3.63, 3.8) is 0 Å². The van der Waals surface area contributed by atoms with Gasteiger partial charge in [0.25, 0.3) is 5.95 Å². The number of nitrogens with zero attached hydrogens (tertiary/aromatic N) is 6. The molecule has 0 amide bonds. The molecule has 0 spiro atoms. The molecule has 0 atom stereocenters. The maximum Gasteiger partial charge on any atom is 0.256 e. The zero-order valence-corrected chi connectivity index (χ0v) is 13.4. The third-order valence-electron chi connectivity index (χ3n) is 3.02. The second-order valence-corrected chi connectivity index (χ2v) is 4.99. The van der Waals surface area contributed by atoms with Gasteiger partial charge in [0.05, 0.1) is 16.4 Å². The van der Waals surface area contributed by atoms with Crippen LogP contribution in [0.4, 0.5) is 5.95 Å². The summed E-state index contributed by atoms with van der Waals surface area (Å²) < 4.78 is 1.58. The largest absolute Gasteiger partial charge is 0.341 e. The normalized spacial score (nSPS) is 10.9. The van der Waals surface area contributed by atoms with E-state index in [1.54, 1.807) is 4.68 Å². The molecule has 0 aliphatic heterocycles. The summed E-state index contributed by atoms with van der Waals surface area (Å²) in [5.41, 5.74) is 1.50. The van der Waals surface area contributed by atoms with Crippen LogP contribution in [0.15, 0.2) is 0 Å². The highest BCUT2D eigenvalue weighted by Gasteiger charge is 2.16. The molecular weight excluding hydrogens is 299 g/mol. The number of hydrogen-bond acceptors (Lipinski definition) is 5. The lowest BCUT2D eigenvalue weighted by atomic mass is 10.4. The first-order valence-electron chi connectivity index (χ1n) is 6.36. The third kappa shape index (κ3) is 2.71. The van der Waals surface area contributed by atoms with Crippen LogP contribution >= 0.6 is 23.2 Å². The van der Waals surface area contributed by atoms with Gasteiger partial charge in [-0.2, -0.15) is 20.1 Å². The van der Waals surface area contributed by atoms with E-state index in [0.29, 0.717) is 16.9 Å². The van der Waals surface area contributed by atoms with Gasteiger partial charge in [0, 0.05) is 13.1 Å². The van der Waals surface area contributed by atoms with Crippen molar-refractivity contribution in [3.05, 3.63) is 21.7 Å². The van der Waals surface area contributed by atoms with E-state index in [-0.39, 0.29) is 5.28 Å². The van der Waals surface area contributed by atoms with Crippen LogP contribution in [-0.2, 0) is 0 Å². The highest BCUT2D eigenvalue weighted by Crippen LogP contribution is 2.22. The van der Waals surface area contributed by atoms with Gasteiger partial charge in [-0.3, -0.25) is 0 Å². The van der Waals surface area contributed by atoms with Crippen LogP contribution in [0, 0.1) is 13.8 Å². The quantitative estimate of drug-likeness (QED) is 0.868. The summed E-state index contributed by atoms with van der Waals surface area (Å²) in [6.07, 6.45) is 0. The zero-order valence-electron chi connectivity index (χ0n) is 11.9. The number of rotatable bonds is 4. The highest BCUT2D eigenvalue weighted by atomic mass is 35.5. The maximum absolute atomic E-state index is 6.15. The Labute approximate surface area is 127 Å². The van der Waals surface area contributed by atoms with Gasteiger partial charge in [0.15, 0.2) is 0 Å². The Morgan fingerprint density at radius 1 is 1.05 bits per heavy atom. The van der Waals surface area contributed by atoms with Crippen molar-refractivity contribution in [2.24, 2.45) is 0 Å². The van der Waals surface area contributed by atoms with Crippen molar-refractivity contribution in [1.82, 2.24) is 24.7 Å². The highest BCUT2D eigenvalue weighted by molar-refractivity contribution is 6.31. The van der Waals surface area contributed by atoms with Gasteiger partial charge in [-0.15, -0.1) is 0 Å². The van der Waals surface area contributed by atoms with Gasteiger partial charge in [-0.05, 0) is 39.3 Å². The first-order chi connectivity index (χ1) is 9.47. The van der Waals surface area contributed by atoms with E-state index >= 15 is 0 Å². The average Bonchev–Trinajstić information content (AvgIpc) is 2.67. The summed E-state index contributed by atoms with van der Waals surface area (Å²) in [6.45, 7) is 9.32. The van der Waals surface area contributed by atoms with Crippen LogP contribution in [0.5, 0.6) is 0 Å². The Morgan fingerprint density at radius 3 is 2.20 bits per heavy atom. The van der Waals surface area contributed by atoms with E-state index in [2.05, 4.69) is 20.1 Å². The number of anilines is 1. The van der Waals surface area contributed by atoms with Gasteiger partial charge in [-0.25, -0.2) is 4.68 Å². The minimum Gasteiger partial charge on any atom is -0.341 e. The molecule has 0 fully saturated rings. The molecule has 0 aliphatic rings. The van der Waals surface area contributed by atoms with Crippen molar-refractivity contribution in [1.29, 1.82) is 0 Å². The first kappa shape index (κ1) is 15.0. The Kier molecular flexibility index (Phi) is 4.45. The van der Waals surface area contributed by atoms with Crippen molar-refractivity contribution < 1.29 is 0 Å². The number of aromatic nitrogens is 5. The van der Waals surface area contributed by atoms with E-state index in [0.717, 1.165) is 24.5 Å². The average molecular weight is 315 g/mol. The first-order valence-corrected chi connectivity index (χ1v) is 7.12. The van der Waals surface area contributed by atoms with Gasteiger partial charge >= 0.3 is 0 Å². The molecule has 20 heavy (non-hydrogen) atoms. The molecule has 2 rings (SSSR count). The molecule has 0 aromatic carbocycles. The summed E-state index contributed by atoms with van der Waals surface area (Å²) in [5, 5.41) is 5.07. The minimum absolute atomic E-state index is 0.139. The standard InChI is InChI=1S/C12H16Cl2N6/c1-5-19(6-2)11-15-10(14)16-12(17-11)20-8(4)9(13)7(3)18-20/h5-6H2,1-4H3. The van der Waals surface area contributed by atoms with Crippen molar-refractivity contribution in [3.8, 4) is 5.95 Å². The molecule has 2 heterocycles. The second kappa shape index (κ2) is 5.93. The molecule has 2 aromatic rings. The lowest BCUT2D eigenvalue weighted by Crippen LogP contribution is -2.25. The Morgan fingerprint density at radius 2 is 1.70 bits per heavy atom. The van der Waals surface area contributed by atoms with Crippen LogP contribution in [-0.4, -0.2) is 37.8 Å². The zero-order chi connectivity index (χ0) is 14.9. The van der Waals surface area contributed by atoms with Crippen molar-refractivity contribution in [2.75, 3.05) is 18.0 Å². The monoisotopic (exact) mass is 314 g/mol. The molecular formula is C12H16Cl2N6. The fourth-order valence-electron chi connectivity index (χ4n) is 1.89. The van der Waals surface area contributed by atoms with Crippen LogP contribution in [0.25, 0.3) is 5.95 Å². The summed E-state index contributed by atoms with van der Waals surface area (Å²) >= 11 is 12.1. The molecule has 0 radical (unpaired) electrons. The third-order valence-corrected chi connectivity index (χ3v) is 3.74. The lowest BCUT2D eigenvalue weighted by molar-refractivity contribution is 0.742. The molecule has 6 nitrogen and oxygen atoms in total. The van der Waals surface area contributed by atoms with Crippen LogP contribution < -0.4 is 4.90 Å². The molecule has 0 N–H and O–H groups in total. The molecule has 0 bridgehead atoms. The minimum atomic E-state index is 0.139. The summed E-state index contributed by atoms with van der Waals surface area (Å²) in [7, 11) is 0. The Balaban J connectivity index is 2.54. The summed E-state index contributed by atoms with van der Waals surface area (Å²) in [4.78, 5) is 14.7. The van der Waals surface area contributed by atoms with E-state index in [1.807, 2.05) is 32.6 Å². The molecule has 108 valence electrons. The fraction of sp³-hybridized carbons (Fsp3) is 0.500. The van der Waals surface area contributed by atoms with Crippen LogP contribution in [0.1, 0.15) is 25.2 Å². The second-order valence-electron chi connectivity index (χ2n) is 4.27. The van der Waals surface area contributed by atoms with E-state index < -0.39 is 0 Å². The molecule has 0 saturated heterocycles. The van der Waals surface area contributed by atoms with Crippen LogP contribution in [0.2, 0.25) is 10.3 Å². The van der Waals surface area contributed by atoms with Gasteiger partial charge in [0.2, 0.25) is 11.2 Å². The van der Waals surface area contributed by atoms with Crippen molar-refractivity contribution >= 4 is 29.2 Å².